The number of ether oxygens (including phenoxy) is 1. The first-order chi connectivity index (χ1) is 33.5. The normalized spacial score (nSPS) is 26.6. The number of hydrogen-bond acceptors (Lipinski definition) is 8. The van der Waals surface area contributed by atoms with Gasteiger partial charge in [-0.25, -0.2) is 0 Å². The molecule has 12 heteroatoms. The lowest BCUT2D eigenvalue weighted by molar-refractivity contribution is -0.144. The summed E-state index contributed by atoms with van der Waals surface area (Å²) in [5, 5.41) is 32.6. The van der Waals surface area contributed by atoms with Crippen LogP contribution in [-0.4, -0.2) is 131 Å². The first-order valence-electron chi connectivity index (χ1n) is 29.2. The van der Waals surface area contributed by atoms with E-state index in [1.165, 1.54) is 205 Å². The first-order valence-corrected chi connectivity index (χ1v) is 29.2. The average molecular weight is 971 g/mol. The molecule has 0 aromatic heterocycles. The lowest BCUT2D eigenvalue weighted by Gasteiger charge is -2.43. The minimum atomic E-state index is -1.02. The van der Waals surface area contributed by atoms with E-state index in [0.717, 1.165) is 38.9 Å². The molecule has 2 unspecified atom stereocenters. The number of nitrogens with zero attached hydrogens (tertiary/aromatic N) is 3. The van der Waals surface area contributed by atoms with E-state index in [4.69, 9.17) is 4.74 Å². The third kappa shape index (κ3) is 22.2. The van der Waals surface area contributed by atoms with Crippen LogP contribution in [0.4, 0.5) is 0 Å². The largest absolute Gasteiger partial charge is 0.480 e. The number of carbonyl (C=O) groups is 4. The Morgan fingerprint density at radius 1 is 0.449 bits per heavy atom. The van der Waals surface area contributed by atoms with Crippen LogP contribution in [0.15, 0.2) is 0 Å². The highest BCUT2D eigenvalue weighted by molar-refractivity contribution is 5.78. The number of hydrogen-bond donors (Lipinski definition) is 4. The van der Waals surface area contributed by atoms with Crippen molar-refractivity contribution in [3.63, 3.8) is 0 Å². The highest BCUT2D eigenvalue weighted by Crippen LogP contribution is 2.50. The van der Waals surface area contributed by atoms with Gasteiger partial charge < -0.3 is 25.4 Å². The topological polar surface area (TPSA) is 160 Å². The maximum Gasteiger partial charge on any atom is 0.320 e. The van der Waals surface area contributed by atoms with Crippen molar-refractivity contribution >= 4 is 23.8 Å². The molecular weight excluding hydrogens is 869 g/mol. The summed E-state index contributed by atoms with van der Waals surface area (Å²) in [6.45, 7) is 3.58. The Balaban J connectivity index is 1.08. The minimum absolute atomic E-state index is 0.0988. The molecule has 2 aliphatic heterocycles. The van der Waals surface area contributed by atoms with Crippen LogP contribution in [0, 0.1) is 16.2 Å². The predicted molar refractivity (Wildman–Crippen MR) is 277 cm³/mol. The van der Waals surface area contributed by atoms with Crippen molar-refractivity contribution in [1.29, 1.82) is 0 Å². The van der Waals surface area contributed by atoms with Crippen molar-refractivity contribution in [2.45, 2.75) is 256 Å². The zero-order valence-electron chi connectivity index (χ0n) is 43.8. The average Bonchev–Trinajstić information content (AvgIpc) is 3.39. The molecule has 3 spiro atoms. The second-order valence-electron chi connectivity index (χ2n) is 23.5. The summed E-state index contributed by atoms with van der Waals surface area (Å²) >= 11 is 0. The van der Waals surface area contributed by atoms with Crippen LogP contribution in [0.5, 0.6) is 0 Å². The fraction of sp³-hybridized carbons (Fsp3) is 0.930. The fourth-order valence-corrected chi connectivity index (χ4v) is 14.1. The van der Waals surface area contributed by atoms with Gasteiger partial charge in [0.15, 0.2) is 0 Å². The highest BCUT2D eigenvalue weighted by Gasteiger charge is 2.38. The summed E-state index contributed by atoms with van der Waals surface area (Å²) < 4.78 is 6.33. The van der Waals surface area contributed by atoms with Gasteiger partial charge in [-0.3, -0.25) is 33.9 Å². The summed E-state index contributed by atoms with van der Waals surface area (Å²) in [5.41, 5.74) is 1.42. The molecule has 3 saturated carbocycles. The van der Waals surface area contributed by atoms with Gasteiger partial charge in [-0.2, -0.15) is 0 Å². The molecule has 0 aromatic carbocycles. The predicted octanol–water partition coefficient (Wildman–Crippen LogP) is 11.9. The van der Waals surface area contributed by atoms with Crippen LogP contribution in [0.25, 0.3) is 0 Å². The molecule has 2 atom stereocenters. The Bertz CT molecular complexity index is 1400. The molecule has 12 nitrogen and oxygen atoms in total. The number of aliphatic carboxylic acids is 3. The van der Waals surface area contributed by atoms with Crippen LogP contribution >= 0.6 is 0 Å². The van der Waals surface area contributed by atoms with Gasteiger partial charge in [0.05, 0.1) is 13.1 Å². The monoisotopic (exact) mass is 971 g/mol. The number of rotatable bonds is 10. The number of nitrogens with one attached hydrogen (secondary N) is 1. The van der Waals surface area contributed by atoms with Gasteiger partial charge in [-0.1, -0.05) is 128 Å². The molecule has 5 fully saturated rings. The number of carboxylic acids is 3. The van der Waals surface area contributed by atoms with Crippen molar-refractivity contribution in [3.8, 4) is 0 Å². The van der Waals surface area contributed by atoms with Crippen molar-refractivity contribution in [3.05, 3.63) is 0 Å². The first kappa shape index (κ1) is 57.6. The molecule has 0 bridgehead atoms. The molecule has 2 heterocycles. The van der Waals surface area contributed by atoms with Crippen molar-refractivity contribution in [2.75, 3.05) is 65.6 Å². The van der Waals surface area contributed by atoms with E-state index in [-0.39, 0.29) is 37.9 Å². The van der Waals surface area contributed by atoms with Crippen LogP contribution in [-0.2, 0) is 23.9 Å². The smallest absolute Gasteiger partial charge is 0.320 e. The Labute approximate surface area is 419 Å². The third-order valence-electron chi connectivity index (χ3n) is 18.3. The summed E-state index contributed by atoms with van der Waals surface area (Å²) in [4.78, 5) is 54.6. The zero-order valence-corrected chi connectivity index (χ0v) is 43.8. The van der Waals surface area contributed by atoms with Crippen molar-refractivity contribution in [2.24, 2.45) is 16.2 Å². The van der Waals surface area contributed by atoms with Gasteiger partial charge in [0, 0.05) is 64.9 Å². The van der Waals surface area contributed by atoms with Gasteiger partial charge in [-0.05, 0) is 125 Å². The summed E-state index contributed by atoms with van der Waals surface area (Å²) in [7, 11) is 0. The van der Waals surface area contributed by atoms with E-state index in [0.29, 0.717) is 55.5 Å². The quantitative estimate of drug-likeness (QED) is 0.165. The standard InChI is InChI=1S/C57H102N4O8/c62-51(25-24-50(54(67)68)61-43-41-59(47-52(63)64)39-40-60(42-44-61)48-53(65)66)58-49-23-11-16-31-57(38-26-49)36-21-34-56(35-22-37-57)30-15-10-6-2-5-9-14-29-55(27-12-7-3-1-4-8-13-28-55)32-17-19-45-69-46-20-18-33-56/h49-50H,1-48H2,(H,58,62)(H,63,64)(H,65,66)(H,67,68). The minimum Gasteiger partial charge on any atom is -0.480 e. The highest BCUT2D eigenvalue weighted by atomic mass is 16.5. The maximum absolute atomic E-state index is 13.6. The molecule has 1 amide bonds. The van der Waals surface area contributed by atoms with Crippen molar-refractivity contribution < 1.29 is 39.2 Å². The van der Waals surface area contributed by atoms with Crippen LogP contribution < -0.4 is 5.32 Å². The van der Waals surface area contributed by atoms with E-state index in [2.05, 4.69) is 5.32 Å². The third-order valence-corrected chi connectivity index (χ3v) is 18.3. The van der Waals surface area contributed by atoms with E-state index >= 15 is 0 Å². The number of carbonyl (C=O) groups excluding carboxylic acids is 1. The Hall–Kier alpha value is -2.28. The Kier molecular flexibility index (Phi) is 26.7. The SMILES string of the molecule is O=C(O)CN1CCN(CC(=O)O)CCN(C(CCC(=O)NC2CCCCC3(CCCC4(CCCCCCCCCC5(CCCCCCCCC5)CCCCOCCCC4)CCC3)CC2)C(=O)O)CC1. The molecule has 4 N–H and O–H groups in total. The van der Waals surface area contributed by atoms with E-state index < -0.39 is 23.9 Å². The number of amides is 1. The Morgan fingerprint density at radius 2 is 0.812 bits per heavy atom. The van der Waals surface area contributed by atoms with Gasteiger partial charge in [-0.15, -0.1) is 0 Å². The second kappa shape index (κ2) is 32.0. The van der Waals surface area contributed by atoms with E-state index in [9.17, 15) is 34.5 Å². The molecule has 0 radical (unpaired) electrons. The van der Waals surface area contributed by atoms with Crippen molar-refractivity contribution in [1.82, 2.24) is 20.0 Å². The van der Waals surface area contributed by atoms with Gasteiger partial charge >= 0.3 is 17.9 Å². The van der Waals surface area contributed by atoms with E-state index in [1.54, 1.807) is 14.7 Å². The maximum atomic E-state index is 13.6. The lowest BCUT2D eigenvalue weighted by atomic mass is 9.62. The molecule has 5 rings (SSSR count). The zero-order chi connectivity index (χ0) is 49.1. The summed E-state index contributed by atoms with van der Waals surface area (Å²) in [6, 6.07) is -0.825. The summed E-state index contributed by atoms with van der Waals surface area (Å²) in [6.07, 6.45) is 48.5. The van der Waals surface area contributed by atoms with Gasteiger partial charge in [0.25, 0.3) is 0 Å². The summed E-state index contributed by atoms with van der Waals surface area (Å²) in [5.74, 6) is -3.08. The van der Waals surface area contributed by atoms with Crippen LogP contribution in [0.3, 0.4) is 0 Å². The molecule has 2 saturated heterocycles. The lowest BCUT2D eigenvalue weighted by Crippen LogP contribution is -2.47. The molecule has 69 heavy (non-hydrogen) atoms. The van der Waals surface area contributed by atoms with Gasteiger partial charge in [0.2, 0.25) is 5.91 Å². The molecule has 5 aliphatic rings. The van der Waals surface area contributed by atoms with Crippen LogP contribution in [0.1, 0.15) is 244 Å². The Morgan fingerprint density at radius 3 is 1.23 bits per heavy atom. The molecule has 0 aromatic rings. The molecule has 3 aliphatic carbocycles. The molecule has 398 valence electrons. The number of carboxylic acid groups (broad SMARTS) is 3. The molecular formula is C57H102N4O8. The fourth-order valence-electron chi connectivity index (χ4n) is 14.1. The van der Waals surface area contributed by atoms with Crippen LogP contribution in [0.2, 0.25) is 0 Å². The van der Waals surface area contributed by atoms with Gasteiger partial charge in [0.1, 0.15) is 6.04 Å². The van der Waals surface area contributed by atoms with E-state index in [1.807, 2.05) is 0 Å². The second-order valence-corrected chi connectivity index (χ2v) is 23.5.